The molecule has 0 amide bonds. The quantitative estimate of drug-likeness (QED) is 0.769. The Kier molecular flexibility index (Phi) is 3.15. The van der Waals surface area contributed by atoms with E-state index in [1.165, 1.54) is 12.1 Å². The van der Waals surface area contributed by atoms with Crippen LogP contribution in [-0.4, -0.2) is 0 Å². The van der Waals surface area contributed by atoms with Gasteiger partial charge in [-0.2, -0.15) is 0 Å². The molecule has 2 aromatic carbocycles. The minimum absolute atomic E-state index is 0.0795. The first-order valence-electron chi connectivity index (χ1n) is 4.78. The summed E-state index contributed by atoms with van der Waals surface area (Å²) in [6.07, 6.45) is 0. The van der Waals surface area contributed by atoms with Crippen molar-refractivity contribution in [3.8, 4) is 5.75 Å². The van der Waals surface area contributed by atoms with E-state index in [1.54, 1.807) is 24.3 Å². The number of hydrogen-bond acceptors (Lipinski definition) is 1. The van der Waals surface area contributed by atoms with E-state index < -0.39 is 11.6 Å². The highest BCUT2D eigenvalue weighted by atomic mass is 19.1. The van der Waals surface area contributed by atoms with Crippen molar-refractivity contribution in [1.82, 2.24) is 0 Å². The lowest BCUT2D eigenvalue weighted by Crippen LogP contribution is -1.98. The van der Waals surface area contributed by atoms with Crippen molar-refractivity contribution in [2.45, 2.75) is 6.61 Å². The summed E-state index contributed by atoms with van der Waals surface area (Å²) in [7, 11) is 0. The zero-order chi connectivity index (χ0) is 11.4. The van der Waals surface area contributed by atoms with Gasteiger partial charge in [-0.1, -0.05) is 12.1 Å². The summed E-state index contributed by atoms with van der Waals surface area (Å²) >= 11 is 0. The molecule has 0 aromatic heterocycles. The second-order valence-corrected chi connectivity index (χ2v) is 3.26. The van der Waals surface area contributed by atoms with Gasteiger partial charge in [0.1, 0.15) is 24.0 Å². The van der Waals surface area contributed by atoms with Crippen molar-refractivity contribution in [2.24, 2.45) is 0 Å². The Labute approximate surface area is 92.3 Å². The van der Waals surface area contributed by atoms with Crippen molar-refractivity contribution < 1.29 is 13.5 Å². The topological polar surface area (TPSA) is 9.23 Å². The molecule has 0 aliphatic rings. The van der Waals surface area contributed by atoms with Gasteiger partial charge in [-0.15, -0.1) is 0 Å². The van der Waals surface area contributed by atoms with E-state index in [0.717, 1.165) is 6.07 Å². The first-order chi connectivity index (χ1) is 7.75. The fourth-order valence-corrected chi connectivity index (χ4v) is 1.27. The monoisotopic (exact) mass is 219 g/mol. The van der Waals surface area contributed by atoms with Crippen LogP contribution in [-0.2, 0) is 6.61 Å². The molecule has 2 rings (SSSR count). The third-order valence-corrected chi connectivity index (χ3v) is 2.10. The molecule has 0 aliphatic carbocycles. The highest BCUT2D eigenvalue weighted by molar-refractivity contribution is 5.22. The van der Waals surface area contributed by atoms with Crippen molar-refractivity contribution in [3.63, 3.8) is 0 Å². The predicted molar refractivity (Wildman–Crippen MR) is 56.0 cm³/mol. The molecule has 0 fully saturated rings. The second kappa shape index (κ2) is 4.75. The van der Waals surface area contributed by atoms with Gasteiger partial charge in [-0.25, -0.2) is 8.78 Å². The third kappa shape index (κ3) is 2.57. The minimum Gasteiger partial charge on any atom is -0.489 e. The first-order valence-corrected chi connectivity index (χ1v) is 4.78. The number of ether oxygens (including phenoxy) is 1. The van der Waals surface area contributed by atoms with Gasteiger partial charge in [-0.3, -0.25) is 0 Å². The molecule has 3 heteroatoms. The second-order valence-electron chi connectivity index (χ2n) is 3.26. The lowest BCUT2D eigenvalue weighted by Gasteiger charge is -2.06. The molecule has 0 aliphatic heterocycles. The van der Waals surface area contributed by atoms with Crippen LogP contribution < -0.4 is 4.74 Å². The molecule has 0 saturated heterocycles. The van der Waals surface area contributed by atoms with Crippen molar-refractivity contribution in [3.05, 3.63) is 65.7 Å². The zero-order valence-corrected chi connectivity index (χ0v) is 8.41. The van der Waals surface area contributed by atoms with Gasteiger partial charge in [0, 0.05) is 11.6 Å². The van der Waals surface area contributed by atoms with Gasteiger partial charge in [0.2, 0.25) is 0 Å². The molecule has 0 N–H and O–H groups in total. The molecule has 81 valence electrons. The third-order valence-electron chi connectivity index (χ3n) is 2.10. The Morgan fingerprint density at radius 1 is 1.06 bits per heavy atom. The zero-order valence-electron chi connectivity index (χ0n) is 8.41. The molecule has 0 spiro atoms. The minimum atomic E-state index is -0.595. The standard InChI is InChI=1S/C13H9F2O/c14-11-7-6-10(13(15)8-11)9-16-12-4-2-1-3-5-12/h2-8H,9H2. The van der Waals surface area contributed by atoms with Crippen LogP contribution in [0.2, 0.25) is 0 Å². The normalized spacial score (nSPS) is 10.1. The van der Waals surface area contributed by atoms with Crippen molar-refractivity contribution >= 4 is 0 Å². The maximum Gasteiger partial charge on any atom is 0.132 e. The van der Waals surface area contributed by atoms with Gasteiger partial charge in [0.15, 0.2) is 0 Å². The lowest BCUT2D eigenvalue weighted by atomic mass is 10.2. The average molecular weight is 219 g/mol. The van der Waals surface area contributed by atoms with Gasteiger partial charge in [0.25, 0.3) is 0 Å². The molecule has 16 heavy (non-hydrogen) atoms. The number of benzene rings is 2. The number of rotatable bonds is 3. The highest BCUT2D eigenvalue weighted by Gasteiger charge is 2.04. The van der Waals surface area contributed by atoms with Crippen LogP contribution in [0.5, 0.6) is 5.75 Å². The summed E-state index contributed by atoms with van der Waals surface area (Å²) in [4.78, 5) is 0. The number of halogens is 2. The summed E-state index contributed by atoms with van der Waals surface area (Å²) in [5.74, 6) is -0.555. The molecular formula is C13H9F2O. The van der Waals surface area contributed by atoms with Crippen molar-refractivity contribution in [1.29, 1.82) is 0 Å². The summed E-state index contributed by atoms with van der Waals surface area (Å²) < 4.78 is 31.2. The van der Waals surface area contributed by atoms with Crippen LogP contribution in [0.1, 0.15) is 5.56 Å². The van der Waals surface area contributed by atoms with E-state index in [0.29, 0.717) is 11.3 Å². The van der Waals surface area contributed by atoms with E-state index in [1.807, 2.05) is 0 Å². The summed E-state index contributed by atoms with van der Waals surface area (Å²) in [5, 5.41) is 0. The molecule has 0 saturated carbocycles. The van der Waals surface area contributed by atoms with E-state index in [-0.39, 0.29) is 6.61 Å². The van der Waals surface area contributed by atoms with Gasteiger partial charge >= 0.3 is 0 Å². The molecule has 0 bridgehead atoms. The van der Waals surface area contributed by atoms with Crippen LogP contribution in [0, 0.1) is 17.7 Å². The van der Waals surface area contributed by atoms with E-state index >= 15 is 0 Å². The molecule has 1 nitrogen and oxygen atoms in total. The Hall–Kier alpha value is -1.90. The maximum absolute atomic E-state index is 13.2. The van der Waals surface area contributed by atoms with Crippen LogP contribution >= 0.6 is 0 Å². The summed E-state index contributed by atoms with van der Waals surface area (Å²) in [6.45, 7) is 0.0795. The predicted octanol–water partition coefficient (Wildman–Crippen LogP) is 3.34. The van der Waals surface area contributed by atoms with E-state index in [9.17, 15) is 8.78 Å². The largest absolute Gasteiger partial charge is 0.489 e. The van der Waals surface area contributed by atoms with Crippen LogP contribution in [0.3, 0.4) is 0 Å². The van der Waals surface area contributed by atoms with Gasteiger partial charge < -0.3 is 4.74 Å². The highest BCUT2D eigenvalue weighted by Crippen LogP contribution is 2.14. The van der Waals surface area contributed by atoms with Crippen molar-refractivity contribution in [2.75, 3.05) is 0 Å². The summed E-state index contributed by atoms with van der Waals surface area (Å²) in [6, 6.07) is 13.1. The number of hydrogen-bond donors (Lipinski definition) is 0. The van der Waals surface area contributed by atoms with Crippen LogP contribution in [0.4, 0.5) is 8.78 Å². The van der Waals surface area contributed by atoms with E-state index in [2.05, 4.69) is 6.07 Å². The molecule has 0 heterocycles. The smallest absolute Gasteiger partial charge is 0.132 e. The van der Waals surface area contributed by atoms with Gasteiger partial charge in [-0.05, 0) is 30.3 Å². The summed E-state index contributed by atoms with van der Waals surface area (Å²) in [5.41, 5.74) is 0.328. The fraction of sp³-hybridized carbons (Fsp3) is 0.0769. The lowest BCUT2D eigenvalue weighted by molar-refractivity contribution is 0.299. The SMILES string of the molecule is Fc1ccc(COc2cc[c]cc2)c(F)c1. The van der Waals surface area contributed by atoms with Crippen LogP contribution in [0.15, 0.2) is 42.5 Å². The maximum atomic E-state index is 13.2. The van der Waals surface area contributed by atoms with Gasteiger partial charge in [0.05, 0.1) is 0 Å². The van der Waals surface area contributed by atoms with Crippen LogP contribution in [0.25, 0.3) is 0 Å². The average Bonchev–Trinajstić information content (AvgIpc) is 2.29. The first kappa shape index (κ1) is 10.6. The van der Waals surface area contributed by atoms with E-state index in [4.69, 9.17) is 4.74 Å². The molecular weight excluding hydrogens is 210 g/mol. The Morgan fingerprint density at radius 3 is 2.50 bits per heavy atom. The Bertz CT molecular complexity index is 469. The Morgan fingerprint density at radius 2 is 1.81 bits per heavy atom. The molecule has 2 aromatic rings. The molecule has 1 radical (unpaired) electrons. The Balaban J connectivity index is 2.05. The molecule has 0 atom stereocenters. The molecule has 0 unspecified atom stereocenters. The fourth-order valence-electron chi connectivity index (χ4n) is 1.27.